The molecule has 3 atom stereocenters. The molecule has 1 heteroatoms. The van der Waals surface area contributed by atoms with Gasteiger partial charge in [-0.25, -0.2) is 0 Å². The molecule has 2 bridgehead atoms. The summed E-state index contributed by atoms with van der Waals surface area (Å²) in [6, 6.07) is 0.813. The summed E-state index contributed by atoms with van der Waals surface area (Å²) >= 11 is 0. The minimum absolute atomic E-state index is 0.566. The van der Waals surface area contributed by atoms with Crippen molar-refractivity contribution in [2.45, 2.75) is 58.9 Å². The Morgan fingerprint density at radius 1 is 1.29 bits per heavy atom. The van der Waals surface area contributed by atoms with Crippen LogP contribution in [0, 0.1) is 17.3 Å². The van der Waals surface area contributed by atoms with Crippen LogP contribution in [0.3, 0.4) is 0 Å². The van der Waals surface area contributed by atoms with Crippen LogP contribution in [0.4, 0.5) is 0 Å². The molecule has 2 rings (SSSR count). The van der Waals surface area contributed by atoms with Gasteiger partial charge in [-0.1, -0.05) is 27.2 Å². The van der Waals surface area contributed by atoms with Gasteiger partial charge in [-0.15, -0.1) is 0 Å². The Kier molecular flexibility index (Phi) is 2.88. The Balaban J connectivity index is 1.91. The molecule has 0 amide bonds. The molecule has 1 nitrogen and oxygen atoms in total. The third-order valence-electron chi connectivity index (χ3n) is 4.69. The highest BCUT2D eigenvalue weighted by molar-refractivity contribution is 5.05. The van der Waals surface area contributed by atoms with E-state index in [9.17, 15) is 0 Å². The number of fused-ring (bicyclic) bond motifs is 2. The molecule has 2 saturated carbocycles. The third kappa shape index (κ3) is 1.60. The van der Waals surface area contributed by atoms with Crippen LogP contribution in [-0.4, -0.2) is 12.6 Å². The molecular weight excluding hydrogens is 170 g/mol. The van der Waals surface area contributed by atoms with Gasteiger partial charge in [-0.3, -0.25) is 0 Å². The van der Waals surface area contributed by atoms with Crippen molar-refractivity contribution in [3.05, 3.63) is 0 Å². The highest BCUT2D eigenvalue weighted by Crippen LogP contribution is 2.55. The number of nitrogens with one attached hydrogen (secondary N) is 1. The summed E-state index contributed by atoms with van der Waals surface area (Å²) in [5, 5.41) is 3.80. The summed E-state index contributed by atoms with van der Waals surface area (Å²) in [5.74, 6) is 2.00. The molecule has 2 fully saturated rings. The molecule has 2 aliphatic carbocycles. The molecule has 0 aromatic carbocycles. The van der Waals surface area contributed by atoms with Crippen molar-refractivity contribution in [3.8, 4) is 0 Å². The Morgan fingerprint density at radius 2 is 2.07 bits per heavy atom. The van der Waals surface area contributed by atoms with Gasteiger partial charge in [0, 0.05) is 6.04 Å². The molecule has 0 radical (unpaired) electrons. The summed E-state index contributed by atoms with van der Waals surface area (Å²) in [4.78, 5) is 0. The number of unbranched alkanes of at least 4 members (excludes halogenated alkanes) is 1. The van der Waals surface area contributed by atoms with Gasteiger partial charge < -0.3 is 5.32 Å². The summed E-state index contributed by atoms with van der Waals surface area (Å²) in [7, 11) is 0. The molecule has 2 aliphatic rings. The van der Waals surface area contributed by atoms with Crippen LogP contribution in [0.1, 0.15) is 52.9 Å². The van der Waals surface area contributed by atoms with Crippen molar-refractivity contribution in [2.75, 3.05) is 6.54 Å². The number of hydrogen-bond donors (Lipinski definition) is 1. The average Bonchev–Trinajstić information content (AvgIpc) is 2.67. The van der Waals surface area contributed by atoms with Crippen molar-refractivity contribution in [1.29, 1.82) is 0 Å². The summed E-state index contributed by atoms with van der Waals surface area (Å²) in [6.07, 6.45) is 7.12. The van der Waals surface area contributed by atoms with E-state index < -0.39 is 0 Å². The van der Waals surface area contributed by atoms with Crippen LogP contribution in [-0.2, 0) is 0 Å². The maximum atomic E-state index is 3.80. The van der Waals surface area contributed by atoms with Crippen LogP contribution in [0.2, 0.25) is 0 Å². The van der Waals surface area contributed by atoms with Gasteiger partial charge in [-0.05, 0) is 49.5 Å². The maximum absolute atomic E-state index is 3.80. The van der Waals surface area contributed by atoms with Crippen LogP contribution in [0.25, 0.3) is 0 Å². The fourth-order valence-electron chi connectivity index (χ4n) is 3.72. The van der Waals surface area contributed by atoms with Gasteiger partial charge >= 0.3 is 0 Å². The predicted molar refractivity (Wildman–Crippen MR) is 61.3 cm³/mol. The van der Waals surface area contributed by atoms with Crippen molar-refractivity contribution < 1.29 is 0 Å². The first-order valence-electron chi connectivity index (χ1n) is 6.39. The molecule has 1 N–H and O–H groups in total. The lowest BCUT2D eigenvalue weighted by Gasteiger charge is -2.39. The van der Waals surface area contributed by atoms with E-state index in [4.69, 9.17) is 0 Å². The minimum atomic E-state index is 0.566. The van der Waals surface area contributed by atoms with Crippen LogP contribution in [0.5, 0.6) is 0 Å². The lowest BCUT2D eigenvalue weighted by Crippen LogP contribution is -2.46. The predicted octanol–water partition coefficient (Wildman–Crippen LogP) is 3.20. The third-order valence-corrected chi connectivity index (χ3v) is 4.69. The molecule has 0 aromatic rings. The first-order valence-corrected chi connectivity index (χ1v) is 6.39. The number of rotatable bonds is 4. The molecular formula is C13H25N. The standard InChI is InChI=1S/C13H25N/c1-4-5-8-14-12-10-6-7-11(9-10)13(12,2)3/h10-12,14H,4-9H2,1-3H3. The van der Waals surface area contributed by atoms with Crippen LogP contribution < -0.4 is 5.32 Å². The largest absolute Gasteiger partial charge is 0.313 e. The van der Waals surface area contributed by atoms with E-state index in [2.05, 4.69) is 26.1 Å². The van der Waals surface area contributed by atoms with Gasteiger partial charge in [0.1, 0.15) is 0 Å². The van der Waals surface area contributed by atoms with E-state index in [1.807, 2.05) is 0 Å². The topological polar surface area (TPSA) is 12.0 Å². The molecule has 3 unspecified atom stereocenters. The minimum Gasteiger partial charge on any atom is -0.313 e. The lowest BCUT2D eigenvalue weighted by atomic mass is 9.73. The number of hydrogen-bond acceptors (Lipinski definition) is 1. The normalized spacial score (nSPS) is 39.2. The Hall–Kier alpha value is -0.0400. The summed E-state index contributed by atoms with van der Waals surface area (Å²) < 4.78 is 0. The quantitative estimate of drug-likeness (QED) is 0.679. The first-order chi connectivity index (χ1) is 6.66. The fraction of sp³-hybridized carbons (Fsp3) is 1.00. The van der Waals surface area contributed by atoms with E-state index >= 15 is 0 Å². The smallest absolute Gasteiger partial charge is 0.0149 e. The van der Waals surface area contributed by atoms with Crippen molar-refractivity contribution in [3.63, 3.8) is 0 Å². The molecule has 0 aromatic heterocycles. The fourth-order valence-corrected chi connectivity index (χ4v) is 3.72. The maximum Gasteiger partial charge on any atom is 0.0149 e. The van der Waals surface area contributed by atoms with E-state index in [1.165, 1.54) is 38.6 Å². The van der Waals surface area contributed by atoms with Crippen LogP contribution >= 0.6 is 0 Å². The average molecular weight is 195 g/mol. The second-order valence-corrected chi connectivity index (χ2v) is 5.88. The molecule has 14 heavy (non-hydrogen) atoms. The van der Waals surface area contributed by atoms with Gasteiger partial charge in [-0.2, -0.15) is 0 Å². The summed E-state index contributed by atoms with van der Waals surface area (Å²) in [6.45, 7) is 8.45. The van der Waals surface area contributed by atoms with Crippen LogP contribution in [0.15, 0.2) is 0 Å². The second kappa shape index (κ2) is 3.84. The highest BCUT2D eigenvalue weighted by atomic mass is 15.0. The van der Waals surface area contributed by atoms with E-state index in [0.717, 1.165) is 17.9 Å². The zero-order chi connectivity index (χ0) is 10.2. The molecule has 0 spiro atoms. The van der Waals surface area contributed by atoms with Crippen molar-refractivity contribution in [1.82, 2.24) is 5.32 Å². The zero-order valence-electron chi connectivity index (χ0n) is 9.97. The van der Waals surface area contributed by atoms with Gasteiger partial charge in [0.25, 0.3) is 0 Å². The van der Waals surface area contributed by atoms with Gasteiger partial charge in [0.2, 0.25) is 0 Å². The zero-order valence-corrected chi connectivity index (χ0v) is 9.97. The SMILES string of the molecule is CCCCNC1C2CCC(C2)C1(C)C. The second-order valence-electron chi connectivity index (χ2n) is 5.88. The van der Waals surface area contributed by atoms with E-state index in [1.54, 1.807) is 0 Å². The molecule has 0 aliphatic heterocycles. The van der Waals surface area contributed by atoms with Gasteiger partial charge in [0.15, 0.2) is 0 Å². The van der Waals surface area contributed by atoms with Crippen molar-refractivity contribution >= 4 is 0 Å². The van der Waals surface area contributed by atoms with E-state index in [0.29, 0.717) is 5.41 Å². The Bertz CT molecular complexity index is 197. The van der Waals surface area contributed by atoms with Gasteiger partial charge in [0.05, 0.1) is 0 Å². The molecule has 0 saturated heterocycles. The summed E-state index contributed by atoms with van der Waals surface area (Å²) in [5.41, 5.74) is 0.566. The van der Waals surface area contributed by atoms with Crippen molar-refractivity contribution in [2.24, 2.45) is 17.3 Å². The van der Waals surface area contributed by atoms with E-state index in [-0.39, 0.29) is 0 Å². The highest BCUT2D eigenvalue weighted by Gasteiger charge is 2.52. The lowest BCUT2D eigenvalue weighted by molar-refractivity contribution is 0.151. The Labute approximate surface area is 88.7 Å². The Morgan fingerprint density at radius 3 is 2.64 bits per heavy atom. The molecule has 82 valence electrons. The monoisotopic (exact) mass is 195 g/mol. The first kappa shape index (κ1) is 10.5. The molecule has 0 heterocycles.